The van der Waals surface area contributed by atoms with Gasteiger partial charge >= 0.3 is 0 Å². The van der Waals surface area contributed by atoms with Crippen LogP contribution in [-0.2, 0) is 4.79 Å². The van der Waals surface area contributed by atoms with Gasteiger partial charge in [0.2, 0.25) is 0 Å². The highest BCUT2D eigenvalue weighted by Crippen LogP contribution is 2.08. The van der Waals surface area contributed by atoms with Gasteiger partial charge in [-0.05, 0) is 12.1 Å². The molecule has 1 aromatic heterocycles. The van der Waals surface area contributed by atoms with Crippen LogP contribution in [0, 0.1) is 5.92 Å². The Balaban J connectivity index is 2.40. The Bertz CT molecular complexity index is 309. The fourth-order valence-electron chi connectivity index (χ4n) is 1.09. The standard InChI is InChI=1S/C11H14O3/c1-8(2)9(12)5-6-10(13)11-4-3-7-14-11/h3-4,7-8H,5-6H2,1-2H3. The molecule has 0 N–H and O–H groups in total. The molecule has 0 aromatic carbocycles. The van der Waals surface area contributed by atoms with Crippen LogP contribution in [0.15, 0.2) is 22.8 Å². The lowest BCUT2D eigenvalue weighted by molar-refractivity contribution is -0.121. The number of ketones is 2. The Labute approximate surface area is 83.1 Å². The molecule has 0 saturated carbocycles. The zero-order valence-corrected chi connectivity index (χ0v) is 8.45. The van der Waals surface area contributed by atoms with Crippen LogP contribution in [0.1, 0.15) is 37.2 Å². The second-order valence-corrected chi connectivity index (χ2v) is 3.52. The number of hydrogen-bond acceptors (Lipinski definition) is 3. The van der Waals surface area contributed by atoms with E-state index in [0.29, 0.717) is 12.2 Å². The Morgan fingerprint density at radius 1 is 1.36 bits per heavy atom. The van der Waals surface area contributed by atoms with E-state index in [1.54, 1.807) is 12.1 Å². The molecule has 0 aliphatic carbocycles. The highest BCUT2D eigenvalue weighted by molar-refractivity contribution is 5.96. The summed E-state index contributed by atoms with van der Waals surface area (Å²) in [5.41, 5.74) is 0. The fourth-order valence-corrected chi connectivity index (χ4v) is 1.09. The van der Waals surface area contributed by atoms with E-state index in [-0.39, 0.29) is 23.9 Å². The van der Waals surface area contributed by atoms with E-state index in [1.807, 2.05) is 13.8 Å². The van der Waals surface area contributed by atoms with Crippen molar-refractivity contribution in [3.63, 3.8) is 0 Å². The number of carbonyl (C=O) groups excluding carboxylic acids is 2. The summed E-state index contributed by atoms with van der Waals surface area (Å²) in [6, 6.07) is 3.28. The van der Waals surface area contributed by atoms with Crippen molar-refractivity contribution in [2.45, 2.75) is 26.7 Å². The number of Topliss-reactive ketones (excluding diaryl/α,β-unsaturated/α-hetero) is 2. The minimum absolute atomic E-state index is 0.000555. The van der Waals surface area contributed by atoms with Gasteiger partial charge in [0.25, 0.3) is 0 Å². The molecule has 0 aliphatic rings. The topological polar surface area (TPSA) is 47.3 Å². The van der Waals surface area contributed by atoms with Crippen molar-refractivity contribution in [2.75, 3.05) is 0 Å². The average molecular weight is 194 g/mol. The Morgan fingerprint density at radius 3 is 2.57 bits per heavy atom. The molecule has 0 unspecified atom stereocenters. The van der Waals surface area contributed by atoms with Crippen molar-refractivity contribution >= 4 is 11.6 Å². The third-order valence-electron chi connectivity index (χ3n) is 2.04. The summed E-state index contributed by atoms with van der Waals surface area (Å²) in [5, 5.41) is 0. The smallest absolute Gasteiger partial charge is 0.198 e. The van der Waals surface area contributed by atoms with Crippen molar-refractivity contribution in [1.82, 2.24) is 0 Å². The molecule has 0 radical (unpaired) electrons. The fraction of sp³-hybridized carbons (Fsp3) is 0.455. The molecule has 0 atom stereocenters. The van der Waals surface area contributed by atoms with E-state index in [1.165, 1.54) is 6.26 Å². The molecule has 0 aliphatic heterocycles. The van der Waals surface area contributed by atoms with E-state index in [0.717, 1.165) is 0 Å². The van der Waals surface area contributed by atoms with Crippen LogP contribution in [-0.4, -0.2) is 11.6 Å². The first-order valence-corrected chi connectivity index (χ1v) is 4.70. The van der Waals surface area contributed by atoms with Crippen LogP contribution in [0.4, 0.5) is 0 Å². The normalized spacial score (nSPS) is 10.5. The SMILES string of the molecule is CC(C)C(=O)CCC(=O)c1ccco1. The lowest BCUT2D eigenvalue weighted by atomic mass is 10.0. The molecule has 0 saturated heterocycles. The first-order valence-electron chi connectivity index (χ1n) is 4.70. The summed E-state index contributed by atoms with van der Waals surface area (Å²) in [5.74, 6) is 0.342. The van der Waals surface area contributed by atoms with Crippen LogP contribution in [0.3, 0.4) is 0 Å². The quantitative estimate of drug-likeness (QED) is 0.676. The lowest BCUT2D eigenvalue weighted by Crippen LogP contribution is -2.09. The molecule has 3 heteroatoms. The molecule has 0 amide bonds. The first-order chi connectivity index (χ1) is 6.61. The Kier molecular flexibility index (Phi) is 3.63. The van der Waals surface area contributed by atoms with Crippen molar-refractivity contribution in [2.24, 2.45) is 5.92 Å². The predicted octanol–water partition coefficient (Wildman–Crippen LogP) is 2.47. The number of furan rings is 1. The van der Waals surface area contributed by atoms with Gasteiger partial charge < -0.3 is 4.42 Å². The van der Waals surface area contributed by atoms with Gasteiger partial charge in [-0.25, -0.2) is 0 Å². The van der Waals surface area contributed by atoms with Crippen molar-refractivity contribution in [1.29, 1.82) is 0 Å². The van der Waals surface area contributed by atoms with Gasteiger partial charge in [-0.2, -0.15) is 0 Å². The van der Waals surface area contributed by atoms with Crippen molar-refractivity contribution in [3.05, 3.63) is 24.2 Å². The monoisotopic (exact) mass is 194 g/mol. The maximum atomic E-state index is 11.4. The number of hydrogen-bond donors (Lipinski definition) is 0. The summed E-state index contributed by atoms with van der Waals surface area (Å²) >= 11 is 0. The van der Waals surface area contributed by atoms with Gasteiger partial charge in [0.15, 0.2) is 11.5 Å². The molecule has 1 rings (SSSR count). The van der Waals surface area contributed by atoms with Gasteiger partial charge in [-0.15, -0.1) is 0 Å². The van der Waals surface area contributed by atoms with Crippen molar-refractivity contribution < 1.29 is 14.0 Å². The highest BCUT2D eigenvalue weighted by atomic mass is 16.3. The molecule has 76 valence electrons. The minimum atomic E-state index is -0.107. The van der Waals surface area contributed by atoms with Crippen LogP contribution < -0.4 is 0 Å². The van der Waals surface area contributed by atoms with Gasteiger partial charge in [0, 0.05) is 18.8 Å². The van der Waals surface area contributed by atoms with Gasteiger partial charge in [0.05, 0.1) is 6.26 Å². The molecule has 0 spiro atoms. The van der Waals surface area contributed by atoms with E-state index < -0.39 is 0 Å². The zero-order chi connectivity index (χ0) is 10.6. The molecule has 14 heavy (non-hydrogen) atoms. The number of rotatable bonds is 5. The minimum Gasteiger partial charge on any atom is -0.461 e. The van der Waals surface area contributed by atoms with E-state index in [2.05, 4.69) is 0 Å². The second-order valence-electron chi connectivity index (χ2n) is 3.52. The van der Waals surface area contributed by atoms with Crippen LogP contribution >= 0.6 is 0 Å². The van der Waals surface area contributed by atoms with Crippen LogP contribution in [0.25, 0.3) is 0 Å². The van der Waals surface area contributed by atoms with Gasteiger partial charge in [0.1, 0.15) is 5.78 Å². The Morgan fingerprint density at radius 2 is 2.07 bits per heavy atom. The van der Waals surface area contributed by atoms with Gasteiger partial charge in [-0.1, -0.05) is 13.8 Å². The summed E-state index contributed by atoms with van der Waals surface area (Å²) in [7, 11) is 0. The lowest BCUT2D eigenvalue weighted by Gasteiger charge is -2.01. The van der Waals surface area contributed by atoms with Crippen molar-refractivity contribution in [3.8, 4) is 0 Å². The summed E-state index contributed by atoms with van der Waals surface area (Å²) in [6.45, 7) is 3.67. The second kappa shape index (κ2) is 4.74. The molecule has 3 nitrogen and oxygen atoms in total. The van der Waals surface area contributed by atoms with E-state index >= 15 is 0 Å². The molecule has 1 aromatic rings. The predicted molar refractivity (Wildman–Crippen MR) is 52.1 cm³/mol. The largest absolute Gasteiger partial charge is 0.461 e. The zero-order valence-electron chi connectivity index (χ0n) is 8.45. The van der Waals surface area contributed by atoms with Crippen LogP contribution in [0.5, 0.6) is 0 Å². The number of carbonyl (C=O) groups is 2. The molecule has 1 heterocycles. The molecule has 0 fully saturated rings. The highest BCUT2D eigenvalue weighted by Gasteiger charge is 2.13. The molecular weight excluding hydrogens is 180 g/mol. The summed E-state index contributed by atoms with van der Waals surface area (Å²) in [6.07, 6.45) is 2.00. The molecular formula is C11H14O3. The van der Waals surface area contributed by atoms with E-state index in [9.17, 15) is 9.59 Å². The third kappa shape index (κ3) is 2.83. The summed E-state index contributed by atoms with van der Waals surface area (Å²) in [4.78, 5) is 22.6. The maximum Gasteiger partial charge on any atom is 0.198 e. The van der Waals surface area contributed by atoms with Gasteiger partial charge in [-0.3, -0.25) is 9.59 Å². The van der Waals surface area contributed by atoms with Crippen LogP contribution in [0.2, 0.25) is 0 Å². The first kappa shape index (κ1) is 10.7. The van der Waals surface area contributed by atoms with E-state index in [4.69, 9.17) is 4.42 Å². The molecule has 0 bridgehead atoms. The maximum absolute atomic E-state index is 11.4. The average Bonchev–Trinajstić information content (AvgIpc) is 2.66. The Hall–Kier alpha value is -1.38. The third-order valence-corrected chi connectivity index (χ3v) is 2.04. The summed E-state index contributed by atoms with van der Waals surface area (Å²) < 4.78 is 4.93.